The summed E-state index contributed by atoms with van der Waals surface area (Å²) in [6.45, 7) is 5.92. The van der Waals surface area contributed by atoms with Crippen molar-refractivity contribution in [2.75, 3.05) is 0 Å². The van der Waals surface area contributed by atoms with E-state index in [9.17, 15) is 4.39 Å². The highest BCUT2D eigenvalue weighted by molar-refractivity contribution is 9.10. The van der Waals surface area contributed by atoms with Gasteiger partial charge in [-0.2, -0.15) is 0 Å². The molecule has 1 atom stereocenters. The van der Waals surface area contributed by atoms with E-state index >= 15 is 0 Å². The van der Waals surface area contributed by atoms with Crippen LogP contribution in [0.2, 0.25) is 0 Å². The lowest BCUT2D eigenvalue weighted by Crippen LogP contribution is -2.14. The minimum absolute atomic E-state index is 0.239. The Morgan fingerprint density at radius 2 is 1.68 bits per heavy atom. The molecule has 0 amide bonds. The number of aryl methyl sites for hydroxylation is 3. The van der Waals surface area contributed by atoms with Gasteiger partial charge in [-0.05, 0) is 66.8 Å². The van der Waals surface area contributed by atoms with E-state index in [0.717, 1.165) is 32.3 Å². The summed E-state index contributed by atoms with van der Waals surface area (Å²) >= 11 is 3.51. The number of halogens is 2. The molecule has 2 aromatic rings. The van der Waals surface area contributed by atoms with E-state index < -0.39 is 0 Å². The number of hydrogen-bond donors (Lipinski definition) is 1. The van der Waals surface area contributed by atoms with Crippen molar-refractivity contribution >= 4 is 15.9 Å². The first-order valence-electron chi connectivity index (χ1n) is 6.18. The zero-order chi connectivity index (χ0) is 14.2. The van der Waals surface area contributed by atoms with Gasteiger partial charge in [-0.25, -0.2) is 4.39 Å². The fourth-order valence-electron chi connectivity index (χ4n) is 2.26. The average molecular weight is 322 g/mol. The largest absolute Gasteiger partial charge is 0.320 e. The van der Waals surface area contributed by atoms with Crippen molar-refractivity contribution in [3.05, 3.63) is 68.4 Å². The van der Waals surface area contributed by atoms with Gasteiger partial charge >= 0.3 is 0 Å². The molecule has 0 saturated carbocycles. The normalized spacial score (nSPS) is 12.5. The highest BCUT2D eigenvalue weighted by Crippen LogP contribution is 2.28. The van der Waals surface area contributed by atoms with E-state index in [1.807, 2.05) is 26.8 Å². The quantitative estimate of drug-likeness (QED) is 0.862. The van der Waals surface area contributed by atoms with E-state index in [1.165, 1.54) is 12.1 Å². The molecular formula is C16H17BrFN. The van der Waals surface area contributed by atoms with Crippen molar-refractivity contribution in [2.24, 2.45) is 5.73 Å². The number of nitrogens with two attached hydrogens (primary N) is 1. The van der Waals surface area contributed by atoms with Crippen molar-refractivity contribution in [2.45, 2.75) is 26.8 Å². The predicted molar refractivity (Wildman–Crippen MR) is 80.8 cm³/mol. The Hall–Kier alpha value is -1.19. The topological polar surface area (TPSA) is 26.0 Å². The highest BCUT2D eigenvalue weighted by Gasteiger charge is 2.14. The summed E-state index contributed by atoms with van der Waals surface area (Å²) in [5.41, 5.74) is 11.3. The molecule has 0 aliphatic heterocycles. The lowest BCUT2D eigenvalue weighted by atomic mass is 9.93. The summed E-state index contributed by atoms with van der Waals surface area (Å²) in [6, 6.07) is 8.76. The maximum atomic E-state index is 13.5. The minimum Gasteiger partial charge on any atom is -0.320 e. The van der Waals surface area contributed by atoms with Crippen molar-refractivity contribution in [1.29, 1.82) is 0 Å². The molecule has 1 nitrogen and oxygen atoms in total. The second-order valence-corrected chi connectivity index (χ2v) is 5.85. The van der Waals surface area contributed by atoms with Crippen LogP contribution in [0.5, 0.6) is 0 Å². The Kier molecular flexibility index (Phi) is 4.07. The Labute approximate surface area is 121 Å². The fraction of sp³-hybridized carbons (Fsp3) is 0.250. The minimum atomic E-state index is -0.304. The van der Waals surface area contributed by atoms with Crippen LogP contribution in [-0.2, 0) is 0 Å². The molecule has 2 aromatic carbocycles. The van der Waals surface area contributed by atoms with Crippen LogP contribution in [-0.4, -0.2) is 0 Å². The second-order valence-electron chi connectivity index (χ2n) is 5.00. The molecule has 0 aliphatic carbocycles. The van der Waals surface area contributed by atoms with Gasteiger partial charge in [-0.1, -0.05) is 28.1 Å². The zero-order valence-electron chi connectivity index (χ0n) is 11.3. The van der Waals surface area contributed by atoms with Crippen molar-refractivity contribution in [1.82, 2.24) is 0 Å². The van der Waals surface area contributed by atoms with Gasteiger partial charge in [0.05, 0.1) is 6.04 Å². The standard InChI is InChI=1S/C16H17BrFN/c1-9-4-12(8-13(18)5-9)16(19)14-6-11(3)15(17)7-10(14)2/h4-8,16H,19H2,1-3H3. The molecular weight excluding hydrogens is 305 g/mol. The summed E-state index contributed by atoms with van der Waals surface area (Å²) < 4.78 is 14.6. The molecule has 0 aliphatic rings. The van der Waals surface area contributed by atoms with Crippen molar-refractivity contribution < 1.29 is 4.39 Å². The number of hydrogen-bond acceptors (Lipinski definition) is 1. The molecule has 0 fully saturated rings. The van der Waals surface area contributed by atoms with Crippen LogP contribution in [0.25, 0.3) is 0 Å². The second kappa shape index (κ2) is 5.43. The van der Waals surface area contributed by atoms with Crippen LogP contribution in [0, 0.1) is 26.6 Å². The van der Waals surface area contributed by atoms with Crippen LogP contribution in [0.1, 0.15) is 33.9 Å². The Balaban J connectivity index is 2.49. The summed E-state index contributed by atoms with van der Waals surface area (Å²) in [7, 11) is 0. The van der Waals surface area contributed by atoms with Crippen LogP contribution in [0.4, 0.5) is 4.39 Å². The van der Waals surface area contributed by atoms with Gasteiger partial charge in [-0.3, -0.25) is 0 Å². The molecule has 0 heterocycles. The Morgan fingerprint density at radius 1 is 1.00 bits per heavy atom. The van der Waals surface area contributed by atoms with E-state index in [4.69, 9.17) is 5.73 Å². The predicted octanol–water partition coefficient (Wildman–Crippen LogP) is 4.56. The number of benzene rings is 2. The molecule has 19 heavy (non-hydrogen) atoms. The smallest absolute Gasteiger partial charge is 0.123 e. The fourth-order valence-corrected chi connectivity index (χ4v) is 2.72. The molecule has 0 saturated heterocycles. The van der Waals surface area contributed by atoms with Gasteiger partial charge < -0.3 is 5.73 Å². The van der Waals surface area contributed by atoms with Gasteiger partial charge in [0.2, 0.25) is 0 Å². The summed E-state index contributed by atoms with van der Waals surface area (Å²) in [4.78, 5) is 0. The lowest BCUT2D eigenvalue weighted by molar-refractivity contribution is 0.622. The lowest BCUT2D eigenvalue weighted by Gasteiger charge is -2.17. The third-order valence-electron chi connectivity index (χ3n) is 3.31. The molecule has 100 valence electrons. The van der Waals surface area contributed by atoms with Gasteiger partial charge in [0.15, 0.2) is 0 Å². The van der Waals surface area contributed by atoms with Crippen molar-refractivity contribution in [3.63, 3.8) is 0 Å². The zero-order valence-corrected chi connectivity index (χ0v) is 12.9. The monoisotopic (exact) mass is 321 g/mol. The first kappa shape index (κ1) is 14.2. The van der Waals surface area contributed by atoms with Gasteiger partial charge in [-0.15, -0.1) is 0 Å². The van der Waals surface area contributed by atoms with E-state index in [-0.39, 0.29) is 11.9 Å². The number of rotatable bonds is 2. The van der Waals surface area contributed by atoms with Crippen LogP contribution < -0.4 is 5.73 Å². The summed E-state index contributed by atoms with van der Waals surface area (Å²) in [5.74, 6) is -0.239. The maximum Gasteiger partial charge on any atom is 0.123 e. The SMILES string of the molecule is Cc1cc(F)cc(C(N)c2cc(C)c(Br)cc2C)c1. The van der Waals surface area contributed by atoms with Crippen LogP contribution >= 0.6 is 15.9 Å². The third-order valence-corrected chi connectivity index (χ3v) is 4.16. The van der Waals surface area contributed by atoms with E-state index in [0.29, 0.717) is 0 Å². The Bertz CT molecular complexity index is 602. The molecule has 1 unspecified atom stereocenters. The molecule has 0 bridgehead atoms. The molecule has 0 spiro atoms. The molecule has 0 aromatic heterocycles. The third kappa shape index (κ3) is 3.04. The van der Waals surface area contributed by atoms with Gasteiger partial charge in [0.25, 0.3) is 0 Å². The van der Waals surface area contributed by atoms with E-state index in [1.54, 1.807) is 0 Å². The van der Waals surface area contributed by atoms with Crippen LogP contribution in [0.3, 0.4) is 0 Å². The van der Waals surface area contributed by atoms with Crippen LogP contribution in [0.15, 0.2) is 34.8 Å². The molecule has 0 radical (unpaired) electrons. The summed E-state index contributed by atoms with van der Waals surface area (Å²) in [6.07, 6.45) is 0. The summed E-state index contributed by atoms with van der Waals surface area (Å²) in [5, 5.41) is 0. The van der Waals surface area contributed by atoms with Gasteiger partial charge in [0.1, 0.15) is 5.82 Å². The first-order chi connectivity index (χ1) is 8.88. The van der Waals surface area contributed by atoms with Gasteiger partial charge in [0, 0.05) is 4.47 Å². The van der Waals surface area contributed by atoms with E-state index in [2.05, 4.69) is 28.1 Å². The molecule has 2 rings (SSSR count). The Morgan fingerprint density at radius 3 is 2.32 bits per heavy atom. The van der Waals surface area contributed by atoms with Crippen molar-refractivity contribution in [3.8, 4) is 0 Å². The molecule has 3 heteroatoms. The maximum absolute atomic E-state index is 13.5. The highest BCUT2D eigenvalue weighted by atomic mass is 79.9. The average Bonchev–Trinajstić information content (AvgIpc) is 2.31. The first-order valence-corrected chi connectivity index (χ1v) is 6.97. The molecule has 2 N–H and O–H groups in total.